The Labute approximate surface area is 125 Å². The molecule has 0 aliphatic rings. The molecule has 0 saturated carbocycles. The minimum absolute atomic E-state index is 0.0932. The van der Waals surface area contributed by atoms with Crippen molar-refractivity contribution in [1.29, 1.82) is 5.26 Å². The molecule has 2 aromatic rings. The lowest BCUT2D eigenvalue weighted by Crippen LogP contribution is -1.93. The van der Waals surface area contributed by atoms with Gasteiger partial charge in [0.25, 0.3) is 5.69 Å². The average Bonchev–Trinajstić information content (AvgIpc) is 2.49. The van der Waals surface area contributed by atoms with Crippen molar-refractivity contribution in [3.63, 3.8) is 0 Å². The first kappa shape index (κ1) is 14.6. The van der Waals surface area contributed by atoms with Crippen molar-refractivity contribution in [2.45, 2.75) is 0 Å². The van der Waals surface area contributed by atoms with E-state index >= 15 is 0 Å². The maximum atomic E-state index is 10.8. The Morgan fingerprint density at radius 3 is 2.62 bits per heavy atom. The summed E-state index contributed by atoms with van der Waals surface area (Å²) < 4.78 is 10.6. The predicted octanol–water partition coefficient (Wildman–Crippen LogP) is 3.92. The number of nitriles is 1. The Hall–Kier alpha value is -2.78. The fourth-order valence-electron chi connectivity index (χ4n) is 1.61. The fraction of sp³-hybridized carbons (Fsp3) is 0.0714. The van der Waals surface area contributed by atoms with Gasteiger partial charge in [0.2, 0.25) is 0 Å². The Bertz CT molecular complexity index is 740. The molecule has 106 valence electrons. The highest BCUT2D eigenvalue weighted by atomic mass is 35.5. The van der Waals surface area contributed by atoms with Gasteiger partial charge in [0, 0.05) is 12.1 Å². The first-order chi connectivity index (χ1) is 10.0. The van der Waals surface area contributed by atoms with Crippen LogP contribution in [0.2, 0.25) is 5.02 Å². The van der Waals surface area contributed by atoms with Crippen LogP contribution in [0.25, 0.3) is 0 Å². The van der Waals surface area contributed by atoms with E-state index in [4.69, 9.17) is 26.3 Å². The van der Waals surface area contributed by atoms with Crippen molar-refractivity contribution >= 4 is 17.3 Å². The molecule has 0 N–H and O–H groups in total. The number of methoxy groups -OCH3 is 1. The number of hydrogen-bond donors (Lipinski definition) is 0. The van der Waals surface area contributed by atoms with E-state index in [0.717, 1.165) is 0 Å². The number of hydrogen-bond acceptors (Lipinski definition) is 5. The van der Waals surface area contributed by atoms with Crippen LogP contribution in [0.15, 0.2) is 36.4 Å². The molecule has 0 aliphatic heterocycles. The summed E-state index contributed by atoms with van der Waals surface area (Å²) in [4.78, 5) is 10.2. The Balaban J connectivity index is 2.44. The molecule has 0 saturated heterocycles. The van der Waals surface area contributed by atoms with Gasteiger partial charge in [0.15, 0.2) is 5.75 Å². The average molecular weight is 305 g/mol. The summed E-state index contributed by atoms with van der Waals surface area (Å²) in [6.07, 6.45) is 0. The summed E-state index contributed by atoms with van der Waals surface area (Å²) in [5.74, 6) is 0.792. The molecule has 21 heavy (non-hydrogen) atoms. The van der Waals surface area contributed by atoms with E-state index in [2.05, 4.69) is 0 Å². The second-order valence-corrected chi connectivity index (χ2v) is 4.35. The van der Waals surface area contributed by atoms with Gasteiger partial charge >= 0.3 is 0 Å². The highest BCUT2D eigenvalue weighted by molar-refractivity contribution is 6.32. The Morgan fingerprint density at radius 2 is 2.00 bits per heavy atom. The smallest absolute Gasteiger partial charge is 0.273 e. The zero-order valence-electron chi connectivity index (χ0n) is 10.9. The summed E-state index contributed by atoms with van der Waals surface area (Å²) in [6, 6.07) is 10.4. The molecule has 6 nitrogen and oxygen atoms in total. The first-order valence-electron chi connectivity index (χ1n) is 5.75. The van der Waals surface area contributed by atoms with Crippen molar-refractivity contribution in [2.24, 2.45) is 0 Å². The molecule has 0 amide bonds. The highest BCUT2D eigenvalue weighted by Crippen LogP contribution is 2.35. The SMILES string of the molecule is COc1ccc(C#N)c(Oc2cc([N+](=O)[O-])ccc2Cl)c1. The van der Waals surface area contributed by atoms with E-state index in [-0.39, 0.29) is 27.8 Å². The molecule has 0 aromatic heterocycles. The van der Waals surface area contributed by atoms with Crippen molar-refractivity contribution < 1.29 is 14.4 Å². The zero-order chi connectivity index (χ0) is 15.4. The van der Waals surface area contributed by atoms with Crippen molar-refractivity contribution in [3.05, 3.63) is 57.1 Å². The number of nitrogens with zero attached hydrogens (tertiary/aromatic N) is 2. The van der Waals surface area contributed by atoms with E-state index in [1.807, 2.05) is 6.07 Å². The minimum atomic E-state index is -0.556. The van der Waals surface area contributed by atoms with Crippen LogP contribution in [0.1, 0.15) is 5.56 Å². The topological polar surface area (TPSA) is 85.4 Å². The van der Waals surface area contributed by atoms with Gasteiger partial charge in [0.05, 0.1) is 28.7 Å². The molecule has 2 rings (SSSR count). The van der Waals surface area contributed by atoms with Gasteiger partial charge in [-0.3, -0.25) is 10.1 Å². The number of halogens is 1. The zero-order valence-corrected chi connectivity index (χ0v) is 11.6. The number of non-ortho nitro benzene ring substituents is 1. The summed E-state index contributed by atoms with van der Waals surface area (Å²) in [5, 5.41) is 20.0. The van der Waals surface area contributed by atoms with Crippen LogP contribution in [0.4, 0.5) is 5.69 Å². The minimum Gasteiger partial charge on any atom is -0.497 e. The van der Waals surface area contributed by atoms with Gasteiger partial charge in [-0.15, -0.1) is 0 Å². The maximum absolute atomic E-state index is 10.8. The van der Waals surface area contributed by atoms with Crippen molar-refractivity contribution in [2.75, 3.05) is 7.11 Å². The lowest BCUT2D eigenvalue weighted by Gasteiger charge is -2.10. The summed E-state index contributed by atoms with van der Waals surface area (Å²) in [5.41, 5.74) is 0.106. The predicted molar refractivity (Wildman–Crippen MR) is 75.9 cm³/mol. The molecule has 7 heteroatoms. The van der Waals surface area contributed by atoms with Gasteiger partial charge in [-0.2, -0.15) is 5.26 Å². The molecule has 2 aromatic carbocycles. The van der Waals surface area contributed by atoms with Crippen LogP contribution in [0.5, 0.6) is 17.2 Å². The maximum Gasteiger partial charge on any atom is 0.273 e. The fourth-order valence-corrected chi connectivity index (χ4v) is 1.76. The van der Waals surface area contributed by atoms with Crippen LogP contribution in [0, 0.1) is 21.4 Å². The molecular formula is C14H9ClN2O4. The number of rotatable bonds is 4. The van der Waals surface area contributed by atoms with E-state index in [0.29, 0.717) is 5.75 Å². The van der Waals surface area contributed by atoms with Gasteiger partial charge in [-0.25, -0.2) is 0 Å². The van der Waals surface area contributed by atoms with Crippen molar-refractivity contribution in [3.8, 4) is 23.3 Å². The van der Waals surface area contributed by atoms with Crippen molar-refractivity contribution in [1.82, 2.24) is 0 Å². The summed E-state index contributed by atoms with van der Waals surface area (Å²) in [7, 11) is 1.48. The third-order valence-corrected chi connectivity index (χ3v) is 2.97. The lowest BCUT2D eigenvalue weighted by atomic mass is 10.2. The first-order valence-corrected chi connectivity index (χ1v) is 6.13. The molecule has 0 bridgehead atoms. The van der Waals surface area contributed by atoms with Crippen LogP contribution in [0.3, 0.4) is 0 Å². The molecule has 0 atom stereocenters. The molecule has 0 heterocycles. The third-order valence-electron chi connectivity index (χ3n) is 2.65. The molecule has 0 unspecified atom stereocenters. The number of nitro groups is 1. The number of benzene rings is 2. The van der Waals surface area contributed by atoms with Crippen LogP contribution >= 0.6 is 11.6 Å². The monoisotopic (exact) mass is 304 g/mol. The summed E-state index contributed by atoms with van der Waals surface area (Å²) in [6.45, 7) is 0. The second kappa shape index (κ2) is 6.11. The van der Waals surface area contributed by atoms with E-state index in [9.17, 15) is 10.1 Å². The van der Waals surface area contributed by atoms with Crippen LogP contribution in [-0.2, 0) is 0 Å². The second-order valence-electron chi connectivity index (χ2n) is 3.95. The molecule has 0 aliphatic carbocycles. The molecule has 0 radical (unpaired) electrons. The van der Waals surface area contributed by atoms with Gasteiger partial charge in [-0.05, 0) is 18.2 Å². The number of ether oxygens (including phenoxy) is 2. The highest BCUT2D eigenvalue weighted by Gasteiger charge is 2.14. The van der Waals surface area contributed by atoms with Gasteiger partial charge < -0.3 is 9.47 Å². The quantitative estimate of drug-likeness (QED) is 0.631. The number of nitro benzene ring substituents is 1. The molecular weight excluding hydrogens is 296 g/mol. The van der Waals surface area contributed by atoms with Gasteiger partial charge in [-0.1, -0.05) is 11.6 Å². The van der Waals surface area contributed by atoms with Crippen LogP contribution < -0.4 is 9.47 Å². The third kappa shape index (κ3) is 3.22. The van der Waals surface area contributed by atoms with E-state index < -0.39 is 4.92 Å². The Kier molecular flexibility index (Phi) is 4.26. The standard InChI is InChI=1S/C14H9ClN2O4/c1-20-11-4-2-9(8-16)13(7-11)21-14-6-10(17(18)19)3-5-12(14)15/h2-7H,1H3. The molecule has 0 spiro atoms. The van der Waals surface area contributed by atoms with E-state index in [1.165, 1.54) is 37.4 Å². The lowest BCUT2D eigenvalue weighted by molar-refractivity contribution is -0.384. The Morgan fingerprint density at radius 1 is 1.24 bits per heavy atom. The van der Waals surface area contributed by atoms with Crippen LogP contribution in [-0.4, -0.2) is 12.0 Å². The van der Waals surface area contributed by atoms with E-state index in [1.54, 1.807) is 6.07 Å². The van der Waals surface area contributed by atoms with Gasteiger partial charge in [0.1, 0.15) is 17.6 Å². The summed E-state index contributed by atoms with van der Waals surface area (Å²) >= 11 is 5.96. The normalized spacial score (nSPS) is 9.76. The molecule has 0 fully saturated rings. The largest absolute Gasteiger partial charge is 0.497 e.